The minimum absolute atomic E-state index is 0. The molecule has 0 saturated carbocycles. The number of nitrogens with zero attached hydrogens (tertiary/aromatic N) is 2. The summed E-state index contributed by atoms with van der Waals surface area (Å²) in [5, 5.41) is 0. The second kappa shape index (κ2) is 6.82. The van der Waals surface area contributed by atoms with Gasteiger partial charge in [-0.25, -0.2) is 0 Å². The molecule has 0 fully saturated rings. The SMILES string of the molecule is Cc1c[c-]n(-c2cccc(Cc3ccccc3)n2)c1C.[Rh]. The van der Waals surface area contributed by atoms with E-state index in [2.05, 4.69) is 56.4 Å². The summed E-state index contributed by atoms with van der Waals surface area (Å²) in [6, 6.07) is 18.6. The summed E-state index contributed by atoms with van der Waals surface area (Å²) in [7, 11) is 0. The number of hydrogen-bond acceptors (Lipinski definition) is 1. The molecule has 0 amide bonds. The van der Waals surface area contributed by atoms with Gasteiger partial charge in [-0.2, -0.15) is 0 Å². The molecule has 2 heterocycles. The normalized spacial score (nSPS) is 10.2. The van der Waals surface area contributed by atoms with Crippen LogP contribution in [0.15, 0.2) is 54.6 Å². The summed E-state index contributed by atoms with van der Waals surface area (Å²) < 4.78 is 2.02. The largest absolute Gasteiger partial charge is 0.433 e. The van der Waals surface area contributed by atoms with Crippen LogP contribution in [0.4, 0.5) is 0 Å². The Balaban J connectivity index is 0.00000161. The van der Waals surface area contributed by atoms with Crippen LogP contribution in [0.25, 0.3) is 5.82 Å². The van der Waals surface area contributed by atoms with Gasteiger partial charge in [-0.15, -0.1) is 11.6 Å². The van der Waals surface area contributed by atoms with Crippen LogP contribution in [-0.2, 0) is 25.9 Å². The first-order valence-corrected chi connectivity index (χ1v) is 6.81. The third-order valence-corrected chi connectivity index (χ3v) is 3.57. The minimum atomic E-state index is 0. The molecular weight excluding hydrogens is 347 g/mol. The summed E-state index contributed by atoms with van der Waals surface area (Å²) >= 11 is 0. The van der Waals surface area contributed by atoms with Crippen molar-refractivity contribution < 1.29 is 19.5 Å². The van der Waals surface area contributed by atoms with E-state index in [1.54, 1.807) is 0 Å². The predicted octanol–water partition coefficient (Wildman–Crippen LogP) is 3.88. The van der Waals surface area contributed by atoms with Crippen molar-refractivity contribution in [2.75, 3.05) is 0 Å². The van der Waals surface area contributed by atoms with Gasteiger partial charge >= 0.3 is 0 Å². The van der Waals surface area contributed by atoms with Gasteiger partial charge in [0.25, 0.3) is 0 Å². The quantitative estimate of drug-likeness (QED) is 0.510. The first kappa shape index (κ1) is 15.7. The van der Waals surface area contributed by atoms with Crippen molar-refractivity contribution in [2.24, 2.45) is 0 Å². The van der Waals surface area contributed by atoms with E-state index in [0.717, 1.165) is 17.9 Å². The van der Waals surface area contributed by atoms with Gasteiger partial charge in [0.15, 0.2) is 0 Å². The molecule has 3 aromatic rings. The van der Waals surface area contributed by atoms with Gasteiger partial charge in [-0.1, -0.05) is 68.2 Å². The molecule has 0 aliphatic heterocycles. The second-order valence-corrected chi connectivity index (χ2v) is 5.03. The molecule has 2 aromatic heterocycles. The molecule has 3 heteroatoms. The molecule has 1 aromatic carbocycles. The van der Waals surface area contributed by atoms with Crippen LogP contribution in [0.3, 0.4) is 0 Å². The summed E-state index contributed by atoms with van der Waals surface area (Å²) in [5.41, 5.74) is 4.78. The van der Waals surface area contributed by atoms with Crippen molar-refractivity contribution in [3.63, 3.8) is 0 Å². The van der Waals surface area contributed by atoms with Crippen molar-refractivity contribution in [3.05, 3.63) is 83.3 Å². The first-order valence-electron chi connectivity index (χ1n) is 6.81. The zero-order valence-electron chi connectivity index (χ0n) is 12.1. The van der Waals surface area contributed by atoms with Gasteiger partial charge < -0.3 is 4.57 Å². The molecule has 0 unspecified atom stereocenters. The minimum Gasteiger partial charge on any atom is -0.433 e. The van der Waals surface area contributed by atoms with Crippen LogP contribution >= 0.6 is 0 Å². The molecule has 0 spiro atoms. The molecule has 1 radical (unpaired) electrons. The number of benzene rings is 1. The Morgan fingerprint density at radius 2 is 1.76 bits per heavy atom. The molecule has 0 aliphatic rings. The maximum Gasteiger partial charge on any atom is 0.0541 e. The fourth-order valence-corrected chi connectivity index (χ4v) is 2.27. The van der Waals surface area contributed by atoms with E-state index in [9.17, 15) is 0 Å². The van der Waals surface area contributed by atoms with Crippen molar-refractivity contribution in [2.45, 2.75) is 20.3 Å². The first-order chi connectivity index (χ1) is 9.74. The van der Waals surface area contributed by atoms with Crippen molar-refractivity contribution in [1.82, 2.24) is 9.55 Å². The molecule has 2 nitrogen and oxygen atoms in total. The van der Waals surface area contributed by atoms with Crippen LogP contribution in [-0.4, -0.2) is 9.55 Å². The van der Waals surface area contributed by atoms with E-state index in [1.807, 2.05) is 22.8 Å². The molecular formula is C18H17N2Rh-. The average Bonchev–Trinajstić information content (AvgIpc) is 2.80. The number of aromatic nitrogens is 2. The molecule has 109 valence electrons. The molecule has 0 N–H and O–H groups in total. The van der Waals surface area contributed by atoms with E-state index in [-0.39, 0.29) is 19.5 Å². The maximum absolute atomic E-state index is 4.74. The monoisotopic (exact) mass is 364 g/mol. The fraction of sp³-hybridized carbons (Fsp3) is 0.167. The van der Waals surface area contributed by atoms with Gasteiger partial charge in [0.1, 0.15) is 0 Å². The zero-order valence-corrected chi connectivity index (χ0v) is 13.8. The van der Waals surface area contributed by atoms with Gasteiger partial charge in [0, 0.05) is 31.6 Å². The molecule has 0 atom stereocenters. The van der Waals surface area contributed by atoms with E-state index >= 15 is 0 Å². The van der Waals surface area contributed by atoms with E-state index in [0.29, 0.717) is 0 Å². The Labute approximate surface area is 138 Å². The van der Waals surface area contributed by atoms with Crippen LogP contribution in [0.5, 0.6) is 0 Å². The Morgan fingerprint density at radius 1 is 1.00 bits per heavy atom. The van der Waals surface area contributed by atoms with Gasteiger partial charge in [-0.3, -0.25) is 4.98 Å². The van der Waals surface area contributed by atoms with Crippen LogP contribution < -0.4 is 0 Å². The summed E-state index contributed by atoms with van der Waals surface area (Å²) in [6.45, 7) is 4.19. The molecule has 0 saturated heterocycles. The third-order valence-electron chi connectivity index (χ3n) is 3.57. The van der Waals surface area contributed by atoms with Crippen LogP contribution in [0.2, 0.25) is 0 Å². The summed E-state index contributed by atoms with van der Waals surface area (Å²) in [5.74, 6) is 0.934. The van der Waals surface area contributed by atoms with Crippen molar-refractivity contribution >= 4 is 0 Å². The van der Waals surface area contributed by atoms with Crippen molar-refractivity contribution in [1.29, 1.82) is 0 Å². The van der Waals surface area contributed by atoms with E-state index < -0.39 is 0 Å². The van der Waals surface area contributed by atoms with E-state index in [4.69, 9.17) is 4.98 Å². The number of hydrogen-bond donors (Lipinski definition) is 0. The Hall–Kier alpha value is -1.73. The summed E-state index contributed by atoms with van der Waals surface area (Å²) in [4.78, 5) is 4.74. The average molecular weight is 364 g/mol. The number of pyridine rings is 1. The molecule has 21 heavy (non-hydrogen) atoms. The Morgan fingerprint density at radius 3 is 2.43 bits per heavy atom. The predicted molar refractivity (Wildman–Crippen MR) is 81.1 cm³/mol. The zero-order chi connectivity index (χ0) is 13.9. The smallest absolute Gasteiger partial charge is 0.0541 e. The molecule has 3 rings (SSSR count). The number of rotatable bonds is 3. The fourth-order valence-electron chi connectivity index (χ4n) is 2.27. The topological polar surface area (TPSA) is 17.8 Å². The molecule has 0 aliphatic carbocycles. The maximum atomic E-state index is 4.74. The Kier molecular flexibility index (Phi) is 5.09. The van der Waals surface area contributed by atoms with Crippen LogP contribution in [0.1, 0.15) is 22.5 Å². The van der Waals surface area contributed by atoms with Gasteiger partial charge in [-0.05, 0) is 11.6 Å². The Bertz CT molecular complexity index is 717. The van der Waals surface area contributed by atoms with Gasteiger partial charge in [0.2, 0.25) is 0 Å². The van der Waals surface area contributed by atoms with Crippen LogP contribution in [0, 0.1) is 20.0 Å². The van der Waals surface area contributed by atoms with E-state index in [1.165, 1.54) is 16.8 Å². The summed E-state index contributed by atoms with van der Waals surface area (Å²) in [6.07, 6.45) is 4.09. The third kappa shape index (κ3) is 3.48. The second-order valence-electron chi connectivity index (χ2n) is 5.03. The van der Waals surface area contributed by atoms with Crippen molar-refractivity contribution in [3.8, 4) is 5.82 Å². The van der Waals surface area contributed by atoms with Gasteiger partial charge in [0.05, 0.1) is 5.82 Å². The number of aryl methyl sites for hydroxylation is 1. The molecule has 0 bridgehead atoms. The standard InChI is InChI=1S/C18H17N2.Rh/c1-14-11-12-20(15(14)2)18-10-6-9-17(19-18)13-16-7-4-3-5-8-16;/h3-11H,13H2,1-2H3;/q-1;.